The lowest BCUT2D eigenvalue weighted by Crippen LogP contribution is -2.31. The Morgan fingerprint density at radius 1 is 1.30 bits per heavy atom. The van der Waals surface area contributed by atoms with Crippen LogP contribution in [0.2, 0.25) is 0 Å². The van der Waals surface area contributed by atoms with Crippen LogP contribution < -0.4 is 0 Å². The number of hydrogen-bond acceptors (Lipinski definition) is 2. The van der Waals surface area contributed by atoms with E-state index in [1.807, 2.05) is 13.0 Å². The Kier molecular flexibility index (Phi) is 5.10. The predicted molar refractivity (Wildman–Crippen MR) is 82.5 cm³/mol. The summed E-state index contributed by atoms with van der Waals surface area (Å²) >= 11 is 5.86. The average Bonchev–Trinajstić information content (AvgIpc) is 2.91. The molecule has 0 radical (unpaired) electrons. The van der Waals surface area contributed by atoms with Gasteiger partial charge in [0.1, 0.15) is 0 Å². The lowest BCUT2D eigenvalue weighted by molar-refractivity contribution is 0.387. The predicted octanol–water partition coefficient (Wildman–Crippen LogP) is 3.54. The molecule has 1 aromatic carbocycles. The molecule has 20 heavy (non-hydrogen) atoms. The molecule has 5 heteroatoms. The lowest BCUT2D eigenvalue weighted by atomic mass is 10.1. The summed E-state index contributed by atoms with van der Waals surface area (Å²) in [4.78, 5) is 0.347. The highest BCUT2D eigenvalue weighted by Crippen LogP contribution is 2.27. The number of aryl methyl sites for hydroxylation is 1. The summed E-state index contributed by atoms with van der Waals surface area (Å²) in [6.07, 6.45) is 4.72. The van der Waals surface area contributed by atoms with Crippen molar-refractivity contribution in [1.29, 1.82) is 0 Å². The number of rotatable bonds is 5. The molecule has 0 unspecified atom stereocenters. The third-order valence-corrected chi connectivity index (χ3v) is 6.27. The number of sulfonamides is 1. The van der Waals surface area contributed by atoms with Crippen LogP contribution in [-0.4, -0.2) is 26.3 Å². The molecular weight excluding hydrogens is 294 g/mol. The first-order valence-electron chi connectivity index (χ1n) is 7.07. The molecule has 0 bridgehead atoms. The molecule has 1 fully saturated rings. The van der Waals surface area contributed by atoms with E-state index < -0.39 is 10.0 Å². The smallest absolute Gasteiger partial charge is 0.207 e. The standard InChI is InChI=1S/C15H22ClNO2S/c1-12-7-8-15(9-14(12)10-16)20(18,19)17(2)11-13-5-3-4-6-13/h7-9,13H,3-6,10-11H2,1-2H3. The Morgan fingerprint density at radius 3 is 2.55 bits per heavy atom. The Balaban J connectivity index is 2.20. The highest BCUT2D eigenvalue weighted by atomic mass is 35.5. The van der Waals surface area contributed by atoms with Gasteiger partial charge in [0.2, 0.25) is 10.0 Å². The van der Waals surface area contributed by atoms with Gasteiger partial charge in [0.05, 0.1) is 4.90 Å². The van der Waals surface area contributed by atoms with Crippen LogP contribution in [0.1, 0.15) is 36.8 Å². The van der Waals surface area contributed by atoms with E-state index in [0.717, 1.165) is 24.0 Å². The second-order valence-corrected chi connectivity index (χ2v) is 7.97. The Hall–Kier alpha value is -0.580. The number of benzene rings is 1. The number of hydrogen-bond donors (Lipinski definition) is 0. The first kappa shape index (κ1) is 15.8. The second kappa shape index (κ2) is 6.46. The summed E-state index contributed by atoms with van der Waals surface area (Å²) in [7, 11) is -1.73. The normalized spacial score (nSPS) is 17.0. The van der Waals surface area contributed by atoms with Gasteiger partial charge in [-0.3, -0.25) is 0 Å². The first-order valence-corrected chi connectivity index (χ1v) is 9.04. The van der Waals surface area contributed by atoms with Crippen LogP contribution in [0.3, 0.4) is 0 Å². The number of halogens is 1. The van der Waals surface area contributed by atoms with Crippen LogP contribution in [0.15, 0.2) is 23.1 Å². The van der Waals surface area contributed by atoms with Crippen LogP contribution in [0.25, 0.3) is 0 Å². The van der Waals surface area contributed by atoms with Gasteiger partial charge in [-0.1, -0.05) is 18.9 Å². The van der Waals surface area contributed by atoms with Gasteiger partial charge in [0.25, 0.3) is 0 Å². The zero-order valence-corrected chi connectivity index (χ0v) is 13.7. The molecule has 112 valence electrons. The molecule has 0 aliphatic heterocycles. The summed E-state index contributed by atoms with van der Waals surface area (Å²) in [5.41, 5.74) is 1.90. The van der Waals surface area contributed by atoms with Gasteiger partial charge in [-0.05, 0) is 48.9 Å². The van der Waals surface area contributed by atoms with Gasteiger partial charge < -0.3 is 0 Å². The van der Waals surface area contributed by atoms with Gasteiger partial charge in [-0.2, -0.15) is 0 Å². The SMILES string of the molecule is Cc1ccc(S(=O)(=O)N(C)CC2CCCC2)cc1CCl. The highest BCUT2D eigenvalue weighted by molar-refractivity contribution is 7.89. The highest BCUT2D eigenvalue weighted by Gasteiger charge is 2.25. The molecule has 2 rings (SSSR count). The van der Waals surface area contributed by atoms with Crippen molar-refractivity contribution in [3.05, 3.63) is 29.3 Å². The summed E-state index contributed by atoms with van der Waals surface area (Å²) < 4.78 is 26.7. The summed E-state index contributed by atoms with van der Waals surface area (Å²) in [6, 6.07) is 5.20. The van der Waals surface area contributed by atoms with Crippen LogP contribution in [0.5, 0.6) is 0 Å². The van der Waals surface area contributed by atoms with Gasteiger partial charge in [-0.25, -0.2) is 12.7 Å². The Morgan fingerprint density at radius 2 is 1.95 bits per heavy atom. The molecule has 0 aromatic heterocycles. The lowest BCUT2D eigenvalue weighted by Gasteiger charge is -2.21. The van der Waals surface area contributed by atoms with Crippen molar-refractivity contribution >= 4 is 21.6 Å². The molecule has 0 saturated heterocycles. The van der Waals surface area contributed by atoms with E-state index in [4.69, 9.17) is 11.6 Å². The zero-order valence-electron chi connectivity index (χ0n) is 12.1. The van der Waals surface area contributed by atoms with Crippen LogP contribution in [0, 0.1) is 12.8 Å². The fourth-order valence-corrected chi connectivity index (χ4v) is 4.37. The topological polar surface area (TPSA) is 37.4 Å². The molecule has 0 atom stereocenters. The van der Waals surface area contributed by atoms with E-state index in [2.05, 4.69) is 0 Å². The molecule has 0 heterocycles. The number of alkyl halides is 1. The van der Waals surface area contributed by atoms with Crippen molar-refractivity contribution in [3.63, 3.8) is 0 Å². The molecule has 0 amide bonds. The van der Waals surface area contributed by atoms with Crippen LogP contribution >= 0.6 is 11.6 Å². The van der Waals surface area contributed by atoms with E-state index in [1.54, 1.807) is 19.2 Å². The molecule has 3 nitrogen and oxygen atoms in total. The Bertz CT molecular complexity index is 565. The number of nitrogens with zero attached hydrogens (tertiary/aromatic N) is 1. The van der Waals surface area contributed by atoms with Crippen molar-refractivity contribution < 1.29 is 8.42 Å². The molecule has 1 saturated carbocycles. The van der Waals surface area contributed by atoms with E-state index >= 15 is 0 Å². The molecule has 1 aromatic rings. The molecule has 0 N–H and O–H groups in total. The van der Waals surface area contributed by atoms with E-state index in [-0.39, 0.29) is 0 Å². The van der Waals surface area contributed by atoms with E-state index in [9.17, 15) is 8.42 Å². The van der Waals surface area contributed by atoms with Crippen molar-refractivity contribution in [1.82, 2.24) is 4.31 Å². The third-order valence-electron chi connectivity index (χ3n) is 4.16. The fraction of sp³-hybridized carbons (Fsp3) is 0.600. The second-order valence-electron chi connectivity index (χ2n) is 5.66. The fourth-order valence-electron chi connectivity index (χ4n) is 2.79. The van der Waals surface area contributed by atoms with Crippen molar-refractivity contribution in [2.75, 3.05) is 13.6 Å². The quantitative estimate of drug-likeness (QED) is 0.779. The maximum atomic E-state index is 12.6. The van der Waals surface area contributed by atoms with E-state index in [0.29, 0.717) is 23.2 Å². The molecular formula is C15H22ClNO2S. The minimum absolute atomic E-state index is 0.335. The third kappa shape index (κ3) is 3.35. The average molecular weight is 316 g/mol. The van der Waals surface area contributed by atoms with Crippen molar-refractivity contribution in [2.24, 2.45) is 5.92 Å². The maximum Gasteiger partial charge on any atom is 0.242 e. The van der Waals surface area contributed by atoms with Crippen molar-refractivity contribution in [3.8, 4) is 0 Å². The maximum absolute atomic E-state index is 12.6. The van der Waals surface area contributed by atoms with E-state index in [1.165, 1.54) is 17.1 Å². The zero-order chi connectivity index (χ0) is 14.8. The van der Waals surface area contributed by atoms with Gasteiger partial charge in [0.15, 0.2) is 0 Å². The summed E-state index contributed by atoms with van der Waals surface area (Å²) in [6.45, 7) is 2.56. The molecule has 1 aliphatic rings. The van der Waals surface area contributed by atoms with Gasteiger partial charge >= 0.3 is 0 Å². The van der Waals surface area contributed by atoms with Gasteiger partial charge in [-0.15, -0.1) is 11.6 Å². The molecule has 0 spiro atoms. The first-order chi connectivity index (χ1) is 9.45. The Labute approximate surface area is 127 Å². The minimum Gasteiger partial charge on any atom is -0.207 e. The largest absolute Gasteiger partial charge is 0.242 e. The molecule has 1 aliphatic carbocycles. The monoisotopic (exact) mass is 315 g/mol. The van der Waals surface area contributed by atoms with Crippen molar-refractivity contribution in [2.45, 2.75) is 43.4 Å². The van der Waals surface area contributed by atoms with Gasteiger partial charge in [0, 0.05) is 19.5 Å². The summed E-state index contributed by atoms with van der Waals surface area (Å²) in [5.74, 6) is 0.842. The minimum atomic E-state index is -3.40. The van der Waals surface area contributed by atoms with Crippen LogP contribution in [0.4, 0.5) is 0 Å². The van der Waals surface area contributed by atoms with Crippen LogP contribution in [-0.2, 0) is 15.9 Å². The summed E-state index contributed by atoms with van der Waals surface area (Å²) in [5, 5.41) is 0.